The summed E-state index contributed by atoms with van der Waals surface area (Å²) in [4.78, 5) is 0. The first kappa shape index (κ1) is 16.5. The zero-order valence-corrected chi connectivity index (χ0v) is 12.9. The molecule has 2 rings (SSSR count). The van der Waals surface area contributed by atoms with E-state index in [1.807, 2.05) is 0 Å². The van der Waals surface area contributed by atoms with Crippen molar-refractivity contribution in [1.29, 1.82) is 0 Å². The van der Waals surface area contributed by atoms with Crippen molar-refractivity contribution in [2.75, 3.05) is 11.5 Å². The molecule has 4 N–H and O–H groups in total. The van der Waals surface area contributed by atoms with Crippen LogP contribution in [0, 0.1) is 0 Å². The predicted octanol–water partition coefficient (Wildman–Crippen LogP) is 0.0602. The van der Waals surface area contributed by atoms with Crippen LogP contribution >= 0.6 is 0 Å². The topological polar surface area (TPSA) is 133 Å². The van der Waals surface area contributed by atoms with Crippen LogP contribution in [-0.2, 0) is 20.2 Å². The monoisotopic (exact) mass is 346 g/mol. The molecular weight excluding hydrogens is 332 g/mol. The van der Waals surface area contributed by atoms with E-state index in [0.29, 0.717) is 22.5 Å². The third-order valence-corrected chi connectivity index (χ3v) is 4.12. The van der Waals surface area contributed by atoms with E-state index in [1.54, 1.807) is 0 Å². The second kappa shape index (κ2) is 6.08. The van der Waals surface area contributed by atoms with Gasteiger partial charge in [-0.1, -0.05) is 0 Å². The molecule has 0 atom stereocenters. The van der Waals surface area contributed by atoms with Gasteiger partial charge in [-0.2, -0.15) is 16.8 Å². The standard InChI is InChI=1S/C12H14N2O6S2/c15-21(16,17)7-9-1-3-13-11(5-9)12-6-10(2-4-14-12)8-22(18,19)20/h1-6,13-14H,7-8H2,(H,15,16,17)(H,18,19,20)/b12-11-. The van der Waals surface area contributed by atoms with Gasteiger partial charge in [-0.15, -0.1) is 0 Å². The van der Waals surface area contributed by atoms with Crippen molar-refractivity contribution >= 4 is 20.2 Å². The first-order chi connectivity index (χ1) is 10.1. The average molecular weight is 346 g/mol. The highest BCUT2D eigenvalue weighted by atomic mass is 32.2. The first-order valence-electron chi connectivity index (χ1n) is 6.04. The molecule has 0 aromatic carbocycles. The molecule has 0 spiro atoms. The fourth-order valence-corrected chi connectivity index (χ4v) is 3.14. The number of hydrogen-bond acceptors (Lipinski definition) is 6. The number of rotatable bonds is 4. The molecule has 2 aliphatic heterocycles. The lowest BCUT2D eigenvalue weighted by atomic mass is 10.1. The van der Waals surface area contributed by atoms with Crippen LogP contribution < -0.4 is 10.6 Å². The Hall–Kier alpha value is -1.88. The number of hydrogen-bond donors (Lipinski definition) is 4. The Morgan fingerprint density at radius 2 is 1.14 bits per heavy atom. The van der Waals surface area contributed by atoms with Crippen LogP contribution in [0.25, 0.3) is 0 Å². The number of nitrogens with one attached hydrogen (secondary N) is 2. The van der Waals surface area contributed by atoms with Gasteiger partial charge in [0.05, 0.1) is 11.4 Å². The largest absolute Gasteiger partial charge is 0.360 e. The average Bonchev–Trinajstić information content (AvgIpc) is 2.35. The molecule has 0 aliphatic carbocycles. The molecular formula is C12H14N2O6S2. The summed E-state index contributed by atoms with van der Waals surface area (Å²) in [6.45, 7) is 0. The molecule has 120 valence electrons. The molecule has 8 nitrogen and oxygen atoms in total. The Morgan fingerprint density at radius 3 is 1.45 bits per heavy atom. The van der Waals surface area contributed by atoms with E-state index < -0.39 is 31.7 Å². The van der Waals surface area contributed by atoms with Crippen LogP contribution in [0.1, 0.15) is 0 Å². The lowest BCUT2D eigenvalue weighted by molar-refractivity contribution is 0.483. The van der Waals surface area contributed by atoms with E-state index >= 15 is 0 Å². The van der Waals surface area contributed by atoms with Gasteiger partial charge in [-0.3, -0.25) is 9.11 Å². The fourth-order valence-electron chi connectivity index (χ4n) is 1.94. The molecule has 0 radical (unpaired) electrons. The smallest absolute Gasteiger partial charge is 0.269 e. The maximum absolute atomic E-state index is 10.9. The number of allylic oxidation sites excluding steroid dienone is 4. The molecule has 0 fully saturated rings. The summed E-state index contributed by atoms with van der Waals surface area (Å²) < 4.78 is 61.3. The Kier molecular flexibility index (Phi) is 4.56. The Labute approximate surface area is 128 Å². The van der Waals surface area contributed by atoms with Gasteiger partial charge in [0.25, 0.3) is 20.2 Å². The van der Waals surface area contributed by atoms with Gasteiger partial charge in [0.15, 0.2) is 0 Å². The second-order valence-electron chi connectivity index (χ2n) is 4.67. The van der Waals surface area contributed by atoms with Crippen LogP contribution in [-0.4, -0.2) is 37.4 Å². The minimum Gasteiger partial charge on any atom is -0.360 e. The van der Waals surface area contributed by atoms with Crippen LogP contribution in [0.3, 0.4) is 0 Å². The summed E-state index contributed by atoms with van der Waals surface area (Å²) in [6.07, 6.45) is 9.02. The minimum absolute atomic E-state index is 0.366. The summed E-state index contributed by atoms with van der Waals surface area (Å²) in [7, 11) is -8.29. The maximum atomic E-state index is 10.9. The summed E-state index contributed by atoms with van der Waals surface area (Å²) in [5, 5.41) is 5.76. The first-order valence-corrected chi connectivity index (χ1v) is 9.26. The van der Waals surface area contributed by atoms with Crippen molar-refractivity contribution in [3.8, 4) is 0 Å². The molecule has 0 aromatic rings. The normalized spacial score (nSPS) is 21.7. The number of dihydropyridines is 2. The predicted molar refractivity (Wildman–Crippen MR) is 80.6 cm³/mol. The van der Waals surface area contributed by atoms with E-state index in [-0.39, 0.29) is 0 Å². The molecule has 0 unspecified atom stereocenters. The van der Waals surface area contributed by atoms with Crippen molar-refractivity contribution in [2.45, 2.75) is 0 Å². The highest BCUT2D eigenvalue weighted by Crippen LogP contribution is 2.17. The van der Waals surface area contributed by atoms with E-state index in [4.69, 9.17) is 9.11 Å². The van der Waals surface area contributed by atoms with Crippen molar-refractivity contribution in [1.82, 2.24) is 10.6 Å². The Morgan fingerprint density at radius 1 is 0.773 bits per heavy atom. The van der Waals surface area contributed by atoms with Gasteiger partial charge in [0, 0.05) is 12.4 Å². The molecule has 0 bridgehead atoms. The van der Waals surface area contributed by atoms with Crippen LogP contribution in [0.15, 0.2) is 59.2 Å². The van der Waals surface area contributed by atoms with E-state index in [1.165, 1.54) is 36.7 Å². The van der Waals surface area contributed by atoms with Crippen LogP contribution in [0.5, 0.6) is 0 Å². The SMILES string of the molecule is O=S(=O)(O)CC1=C/C(=C2\C=C(CS(=O)(=O)O)C=CN2)NC=C1. The molecule has 2 heterocycles. The molecule has 0 saturated carbocycles. The van der Waals surface area contributed by atoms with Gasteiger partial charge in [0.1, 0.15) is 11.5 Å². The zero-order valence-electron chi connectivity index (χ0n) is 11.2. The van der Waals surface area contributed by atoms with Crippen molar-refractivity contribution in [2.24, 2.45) is 0 Å². The zero-order chi connectivity index (χ0) is 16.4. The van der Waals surface area contributed by atoms with Crippen molar-refractivity contribution in [3.05, 3.63) is 59.2 Å². The van der Waals surface area contributed by atoms with E-state index in [0.717, 1.165) is 0 Å². The quantitative estimate of drug-likeness (QED) is 0.525. The molecule has 0 aromatic heterocycles. The van der Waals surface area contributed by atoms with Gasteiger partial charge in [0.2, 0.25) is 0 Å². The highest BCUT2D eigenvalue weighted by molar-refractivity contribution is 7.86. The highest BCUT2D eigenvalue weighted by Gasteiger charge is 2.15. The lowest BCUT2D eigenvalue weighted by Gasteiger charge is -2.17. The van der Waals surface area contributed by atoms with Gasteiger partial charge in [-0.25, -0.2) is 0 Å². The molecule has 0 amide bonds. The van der Waals surface area contributed by atoms with Crippen molar-refractivity contribution < 1.29 is 25.9 Å². The molecule has 10 heteroatoms. The van der Waals surface area contributed by atoms with E-state index in [2.05, 4.69) is 10.6 Å². The third kappa shape index (κ3) is 5.15. The van der Waals surface area contributed by atoms with Gasteiger partial charge in [-0.05, 0) is 35.5 Å². The maximum Gasteiger partial charge on any atom is 0.269 e. The molecule has 22 heavy (non-hydrogen) atoms. The van der Waals surface area contributed by atoms with E-state index in [9.17, 15) is 16.8 Å². The summed E-state index contributed by atoms with van der Waals surface area (Å²) in [5.74, 6) is -1.06. The van der Waals surface area contributed by atoms with Crippen molar-refractivity contribution in [3.63, 3.8) is 0 Å². The van der Waals surface area contributed by atoms with Gasteiger partial charge < -0.3 is 10.6 Å². The second-order valence-corrected chi connectivity index (χ2v) is 7.58. The summed E-state index contributed by atoms with van der Waals surface area (Å²) >= 11 is 0. The minimum atomic E-state index is -4.14. The fraction of sp³-hybridized carbons (Fsp3) is 0.167. The molecule has 0 saturated heterocycles. The van der Waals surface area contributed by atoms with Crippen LogP contribution in [0.2, 0.25) is 0 Å². The summed E-state index contributed by atoms with van der Waals surface area (Å²) in [5.41, 5.74) is 1.73. The molecule has 2 aliphatic rings. The summed E-state index contributed by atoms with van der Waals surface area (Å²) in [6, 6.07) is 0. The van der Waals surface area contributed by atoms with Gasteiger partial charge >= 0.3 is 0 Å². The Bertz CT molecular complexity index is 759. The Balaban J connectivity index is 2.30. The third-order valence-electron chi connectivity index (χ3n) is 2.72. The van der Waals surface area contributed by atoms with Crippen LogP contribution in [0.4, 0.5) is 0 Å². The lowest BCUT2D eigenvalue weighted by Crippen LogP contribution is -2.20.